The van der Waals surface area contributed by atoms with Gasteiger partial charge in [-0.05, 0) is 12.1 Å². The van der Waals surface area contributed by atoms with Gasteiger partial charge in [0, 0.05) is 64.1 Å². The van der Waals surface area contributed by atoms with Crippen LogP contribution in [0.3, 0.4) is 0 Å². The van der Waals surface area contributed by atoms with E-state index in [4.69, 9.17) is 4.74 Å². The quantitative estimate of drug-likeness (QED) is 0.690. The maximum atomic E-state index is 12.8. The molecule has 1 amide bonds. The van der Waals surface area contributed by atoms with Crippen LogP contribution in [0.1, 0.15) is 27.0 Å². The molecule has 1 aliphatic rings. The number of pyridine rings is 1. The summed E-state index contributed by atoms with van der Waals surface area (Å²) in [4.78, 5) is 22.8. The molecule has 1 saturated heterocycles. The van der Waals surface area contributed by atoms with Crippen molar-refractivity contribution in [2.75, 3.05) is 33.8 Å². The summed E-state index contributed by atoms with van der Waals surface area (Å²) in [6.07, 6.45) is 3.44. The maximum absolute atomic E-state index is 12.8. The first-order valence-corrected chi connectivity index (χ1v) is 9.76. The summed E-state index contributed by atoms with van der Waals surface area (Å²) < 4.78 is 8.02. The van der Waals surface area contributed by atoms with Crippen LogP contribution in [-0.2, 0) is 18.3 Å². The molecule has 0 radical (unpaired) electrons. The zero-order valence-electron chi connectivity index (χ0n) is 15.8. The highest BCUT2D eigenvalue weighted by molar-refractivity contribution is 7.20. The lowest BCUT2D eigenvalue weighted by molar-refractivity contribution is -0.0330. The van der Waals surface area contributed by atoms with Crippen molar-refractivity contribution in [2.24, 2.45) is 7.05 Å². The Bertz CT molecular complexity index is 964. The first kappa shape index (κ1) is 18.1. The minimum Gasteiger partial charge on any atom is -0.371 e. The van der Waals surface area contributed by atoms with Crippen LogP contribution in [0.2, 0.25) is 0 Å². The van der Waals surface area contributed by atoms with Gasteiger partial charge in [0.2, 0.25) is 0 Å². The van der Waals surface area contributed by atoms with Crippen molar-refractivity contribution >= 4 is 27.5 Å². The summed E-state index contributed by atoms with van der Waals surface area (Å²) in [5.74, 6) is 0.000332. The Balaban J connectivity index is 1.67. The first-order valence-electron chi connectivity index (χ1n) is 8.94. The second-order valence-electron chi connectivity index (χ2n) is 6.94. The molecule has 0 N–H and O–H groups in total. The average molecular weight is 385 g/mol. The number of carbonyl (C=O) groups excluding carboxylic acids is 1. The Morgan fingerprint density at radius 3 is 2.96 bits per heavy atom. The molecule has 0 bridgehead atoms. The van der Waals surface area contributed by atoms with E-state index in [0.29, 0.717) is 6.61 Å². The SMILES string of the molecule is CN(C)C(=O)c1sc2ncccc2c1[C@H]1CN(Cc2ccnn2C)CCO1. The number of rotatable bonds is 4. The molecule has 0 aliphatic carbocycles. The second kappa shape index (κ2) is 7.38. The highest BCUT2D eigenvalue weighted by atomic mass is 32.1. The van der Waals surface area contributed by atoms with Crippen molar-refractivity contribution in [1.82, 2.24) is 24.6 Å². The molecule has 1 atom stereocenters. The Labute approximate surface area is 162 Å². The van der Waals surface area contributed by atoms with Gasteiger partial charge in [0.1, 0.15) is 9.71 Å². The zero-order chi connectivity index (χ0) is 19.0. The largest absolute Gasteiger partial charge is 0.371 e. The van der Waals surface area contributed by atoms with Gasteiger partial charge < -0.3 is 9.64 Å². The van der Waals surface area contributed by atoms with Crippen LogP contribution in [0.5, 0.6) is 0 Å². The fourth-order valence-corrected chi connectivity index (χ4v) is 4.66. The minimum absolute atomic E-state index is 0.000332. The Kier molecular flexibility index (Phi) is 4.94. The number of nitrogens with zero attached hydrogens (tertiary/aromatic N) is 5. The predicted molar refractivity (Wildman–Crippen MR) is 105 cm³/mol. The summed E-state index contributed by atoms with van der Waals surface area (Å²) in [6, 6.07) is 5.98. The summed E-state index contributed by atoms with van der Waals surface area (Å²) in [5.41, 5.74) is 2.13. The standard InChI is InChI=1S/C19H23N5O2S/c1-22(2)19(25)17-16(14-5-4-7-20-18(14)27-17)15-12-24(9-10-26-15)11-13-6-8-21-23(13)3/h4-8,15H,9-12H2,1-3H3/t15-/m1/s1. The number of aromatic nitrogens is 3. The number of amides is 1. The fourth-order valence-electron chi connectivity index (χ4n) is 3.44. The lowest BCUT2D eigenvalue weighted by atomic mass is 10.0. The highest BCUT2D eigenvalue weighted by Gasteiger charge is 2.30. The van der Waals surface area contributed by atoms with Gasteiger partial charge in [-0.25, -0.2) is 4.98 Å². The molecule has 142 valence electrons. The Morgan fingerprint density at radius 1 is 1.37 bits per heavy atom. The summed E-state index contributed by atoms with van der Waals surface area (Å²) in [5, 5.41) is 5.26. The van der Waals surface area contributed by atoms with E-state index >= 15 is 0 Å². The molecule has 3 aromatic rings. The molecule has 0 aromatic carbocycles. The van der Waals surface area contributed by atoms with Crippen LogP contribution in [-0.4, -0.2) is 64.3 Å². The van der Waals surface area contributed by atoms with Crippen LogP contribution >= 0.6 is 11.3 Å². The Morgan fingerprint density at radius 2 is 2.22 bits per heavy atom. The van der Waals surface area contributed by atoms with Crippen molar-refractivity contribution < 1.29 is 9.53 Å². The average Bonchev–Trinajstić information content (AvgIpc) is 3.24. The van der Waals surface area contributed by atoms with E-state index in [1.165, 1.54) is 11.3 Å². The number of carbonyl (C=O) groups is 1. The smallest absolute Gasteiger partial charge is 0.263 e. The van der Waals surface area contributed by atoms with Crippen molar-refractivity contribution in [1.29, 1.82) is 0 Å². The summed E-state index contributed by atoms with van der Waals surface area (Å²) >= 11 is 1.45. The second-order valence-corrected chi connectivity index (χ2v) is 7.94. The molecule has 1 fully saturated rings. The third-order valence-corrected chi connectivity index (χ3v) is 6.00. The minimum atomic E-state index is -0.149. The molecular formula is C19H23N5O2S. The number of fused-ring (bicyclic) bond motifs is 1. The molecule has 0 spiro atoms. The van der Waals surface area contributed by atoms with Gasteiger partial charge >= 0.3 is 0 Å². The highest BCUT2D eigenvalue weighted by Crippen LogP contribution is 2.37. The van der Waals surface area contributed by atoms with Gasteiger partial charge in [-0.2, -0.15) is 5.10 Å². The molecule has 1 aliphatic heterocycles. The molecule has 7 nitrogen and oxygen atoms in total. The third-order valence-electron chi connectivity index (χ3n) is 4.89. The van der Waals surface area contributed by atoms with E-state index in [0.717, 1.165) is 46.0 Å². The van der Waals surface area contributed by atoms with Gasteiger partial charge in [0.15, 0.2) is 0 Å². The molecule has 8 heteroatoms. The lowest BCUT2D eigenvalue weighted by Crippen LogP contribution is -2.38. The molecule has 4 heterocycles. The maximum Gasteiger partial charge on any atom is 0.263 e. The van der Waals surface area contributed by atoms with Crippen molar-refractivity contribution in [3.63, 3.8) is 0 Å². The van der Waals surface area contributed by atoms with E-state index in [-0.39, 0.29) is 12.0 Å². The van der Waals surface area contributed by atoms with E-state index in [1.807, 2.05) is 36.1 Å². The van der Waals surface area contributed by atoms with Crippen molar-refractivity contribution in [2.45, 2.75) is 12.6 Å². The zero-order valence-corrected chi connectivity index (χ0v) is 16.6. The number of aryl methyl sites for hydroxylation is 1. The van der Waals surface area contributed by atoms with Gasteiger partial charge in [0.05, 0.1) is 18.4 Å². The van der Waals surface area contributed by atoms with Gasteiger partial charge in [0.25, 0.3) is 5.91 Å². The summed E-state index contributed by atoms with van der Waals surface area (Å²) in [6.45, 7) is 3.04. The molecule has 4 rings (SSSR count). The molecule has 3 aromatic heterocycles. The van der Waals surface area contributed by atoms with Crippen molar-refractivity contribution in [3.8, 4) is 0 Å². The normalized spacial score (nSPS) is 18.1. The molecule has 0 unspecified atom stereocenters. The monoisotopic (exact) mass is 385 g/mol. The molecule has 0 saturated carbocycles. The summed E-state index contributed by atoms with van der Waals surface area (Å²) in [7, 11) is 5.51. The van der Waals surface area contributed by atoms with Crippen LogP contribution < -0.4 is 0 Å². The predicted octanol–water partition coefficient (Wildman–Crippen LogP) is 2.31. The van der Waals surface area contributed by atoms with Gasteiger partial charge in [-0.1, -0.05) is 6.07 Å². The van der Waals surface area contributed by atoms with Crippen LogP contribution in [0, 0.1) is 0 Å². The number of morpholine rings is 1. The molecular weight excluding hydrogens is 362 g/mol. The number of thiophene rings is 1. The number of hydrogen-bond donors (Lipinski definition) is 0. The number of ether oxygens (including phenoxy) is 1. The molecule has 27 heavy (non-hydrogen) atoms. The van der Waals surface area contributed by atoms with Crippen LogP contribution in [0.4, 0.5) is 0 Å². The van der Waals surface area contributed by atoms with Crippen LogP contribution in [0.15, 0.2) is 30.6 Å². The lowest BCUT2D eigenvalue weighted by Gasteiger charge is -2.33. The van der Waals surface area contributed by atoms with E-state index in [1.54, 1.807) is 25.2 Å². The van der Waals surface area contributed by atoms with E-state index in [2.05, 4.69) is 15.0 Å². The van der Waals surface area contributed by atoms with E-state index in [9.17, 15) is 4.79 Å². The van der Waals surface area contributed by atoms with E-state index < -0.39 is 0 Å². The topological polar surface area (TPSA) is 63.5 Å². The Hall–Kier alpha value is -2.29. The van der Waals surface area contributed by atoms with Crippen LogP contribution in [0.25, 0.3) is 10.2 Å². The van der Waals surface area contributed by atoms with Gasteiger partial charge in [-0.3, -0.25) is 14.4 Å². The third kappa shape index (κ3) is 3.47. The first-order chi connectivity index (χ1) is 13.0. The van der Waals surface area contributed by atoms with Gasteiger partial charge in [-0.15, -0.1) is 11.3 Å². The number of hydrogen-bond acceptors (Lipinski definition) is 6. The fraction of sp³-hybridized carbons (Fsp3) is 0.421. The van der Waals surface area contributed by atoms with Crippen molar-refractivity contribution in [3.05, 3.63) is 46.7 Å².